The molecule has 0 aliphatic heterocycles. The van der Waals surface area contributed by atoms with Crippen molar-refractivity contribution in [1.29, 1.82) is 0 Å². The van der Waals surface area contributed by atoms with Crippen molar-refractivity contribution >= 4 is 12.1 Å². The predicted octanol–water partition coefficient (Wildman–Crippen LogP) is 1.73. The predicted molar refractivity (Wildman–Crippen MR) is 52.8 cm³/mol. The van der Waals surface area contributed by atoms with Gasteiger partial charge in [-0.2, -0.15) is 5.10 Å². The average molecular weight is 176 g/mol. The molecule has 0 unspecified atom stereocenters. The highest BCUT2D eigenvalue weighted by Gasteiger charge is 2.05. The molecule has 0 atom stereocenters. The van der Waals surface area contributed by atoms with Crippen molar-refractivity contribution < 1.29 is 4.79 Å². The van der Waals surface area contributed by atoms with Crippen LogP contribution in [0.25, 0.3) is 0 Å². The summed E-state index contributed by atoms with van der Waals surface area (Å²) >= 11 is 0. The summed E-state index contributed by atoms with van der Waals surface area (Å²) in [6.07, 6.45) is 1.54. The molecule has 68 valence electrons. The number of amides is 1. The number of rotatable bonds is 2. The molecule has 0 radical (unpaired) electrons. The molecular weight excluding hydrogens is 164 g/mol. The molecule has 13 heavy (non-hydrogen) atoms. The monoisotopic (exact) mass is 176 g/mol. The Kier molecular flexibility index (Phi) is 3.20. The van der Waals surface area contributed by atoms with E-state index in [2.05, 4.69) is 10.5 Å². The van der Waals surface area contributed by atoms with Gasteiger partial charge in [-0.15, -0.1) is 0 Å². The molecule has 0 spiro atoms. The van der Waals surface area contributed by atoms with E-state index < -0.39 is 0 Å². The zero-order valence-corrected chi connectivity index (χ0v) is 7.74. The Morgan fingerprint density at radius 1 is 1.46 bits per heavy atom. The topological polar surface area (TPSA) is 41.5 Å². The maximum atomic E-state index is 11.4. The lowest BCUT2D eigenvalue weighted by atomic mass is 10.1. The van der Waals surface area contributed by atoms with E-state index in [1.54, 1.807) is 13.0 Å². The largest absolute Gasteiger partial charge is 0.271 e. The molecule has 0 aliphatic rings. The van der Waals surface area contributed by atoms with Gasteiger partial charge in [0.1, 0.15) is 0 Å². The molecule has 1 N–H and O–H groups in total. The summed E-state index contributed by atoms with van der Waals surface area (Å²) in [5, 5.41) is 3.66. The first-order valence-corrected chi connectivity index (χ1v) is 4.09. The number of benzene rings is 1. The van der Waals surface area contributed by atoms with Gasteiger partial charge in [0.15, 0.2) is 0 Å². The van der Waals surface area contributed by atoms with Crippen molar-refractivity contribution in [3.05, 3.63) is 35.4 Å². The van der Waals surface area contributed by atoms with Crippen LogP contribution in [0.4, 0.5) is 0 Å². The van der Waals surface area contributed by atoms with Crippen molar-refractivity contribution in [3.63, 3.8) is 0 Å². The molecular formula is C10H12N2O. The minimum Gasteiger partial charge on any atom is -0.267 e. The Balaban J connectivity index is 2.83. The maximum Gasteiger partial charge on any atom is 0.271 e. The van der Waals surface area contributed by atoms with E-state index in [1.807, 2.05) is 25.1 Å². The number of carbonyl (C=O) groups excluding carboxylic acids is 1. The maximum absolute atomic E-state index is 11.4. The van der Waals surface area contributed by atoms with Crippen LogP contribution in [0.3, 0.4) is 0 Å². The molecule has 0 saturated carbocycles. The fourth-order valence-electron chi connectivity index (χ4n) is 1.01. The Labute approximate surface area is 77.5 Å². The quantitative estimate of drug-likeness (QED) is 0.541. The molecule has 1 amide bonds. The van der Waals surface area contributed by atoms with Crippen molar-refractivity contribution in [2.45, 2.75) is 13.8 Å². The molecule has 0 fully saturated rings. The number of nitrogens with zero attached hydrogens (tertiary/aromatic N) is 1. The Morgan fingerprint density at radius 3 is 2.77 bits per heavy atom. The van der Waals surface area contributed by atoms with Gasteiger partial charge in [0.25, 0.3) is 5.91 Å². The van der Waals surface area contributed by atoms with Crippen LogP contribution >= 0.6 is 0 Å². The van der Waals surface area contributed by atoms with E-state index in [9.17, 15) is 4.79 Å². The third kappa shape index (κ3) is 2.40. The second kappa shape index (κ2) is 4.40. The van der Waals surface area contributed by atoms with Gasteiger partial charge in [0.2, 0.25) is 0 Å². The van der Waals surface area contributed by atoms with Crippen LogP contribution in [0.2, 0.25) is 0 Å². The van der Waals surface area contributed by atoms with Crippen molar-refractivity contribution in [2.24, 2.45) is 5.10 Å². The molecule has 3 heteroatoms. The van der Waals surface area contributed by atoms with Crippen LogP contribution in [-0.2, 0) is 0 Å². The van der Waals surface area contributed by atoms with Gasteiger partial charge in [0, 0.05) is 11.8 Å². The first-order chi connectivity index (χ1) is 6.25. The van der Waals surface area contributed by atoms with Gasteiger partial charge in [-0.1, -0.05) is 18.2 Å². The fraction of sp³-hybridized carbons (Fsp3) is 0.200. The number of hydrogen-bond acceptors (Lipinski definition) is 2. The first-order valence-electron chi connectivity index (χ1n) is 4.09. The zero-order valence-electron chi connectivity index (χ0n) is 7.74. The van der Waals surface area contributed by atoms with E-state index in [-0.39, 0.29) is 5.91 Å². The molecule has 1 rings (SSSR count). The summed E-state index contributed by atoms with van der Waals surface area (Å²) in [6, 6.07) is 7.40. The highest BCUT2D eigenvalue weighted by molar-refractivity contribution is 5.95. The lowest BCUT2D eigenvalue weighted by molar-refractivity contribution is 0.0954. The molecule has 0 aromatic heterocycles. The highest BCUT2D eigenvalue weighted by Crippen LogP contribution is 2.05. The van der Waals surface area contributed by atoms with Crippen LogP contribution < -0.4 is 5.43 Å². The van der Waals surface area contributed by atoms with Gasteiger partial charge in [-0.25, -0.2) is 5.43 Å². The third-order valence-corrected chi connectivity index (χ3v) is 1.68. The van der Waals surface area contributed by atoms with Gasteiger partial charge in [0.05, 0.1) is 0 Å². The van der Waals surface area contributed by atoms with Crippen LogP contribution in [0.15, 0.2) is 29.4 Å². The fourth-order valence-corrected chi connectivity index (χ4v) is 1.01. The first kappa shape index (κ1) is 9.45. The third-order valence-electron chi connectivity index (χ3n) is 1.68. The van der Waals surface area contributed by atoms with Crippen LogP contribution in [0, 0.1) is 6.92 Å². The number of nitrogens with one attached hydrogen (secondary N) is 1. The number of hydrazone groups is 1. The summed E-state index contributed by atoms with van der Waals surface area (Å²) in [5.74, 6) is -0.170. The van der Waals surface area contributed by atoms with Crippen molar-refractivity contribution in [3.8, 4) is 0 Å². The van der Waals surface area contributed by atoms with E-state index in [0.717, 1.165) is 5.56 Å². The molecule has 1 aromatic rings. The minimum absolute atomic E-state index is 0.170. The molecule has 0 saturated heterocycles. The summed E-state index contributed by atoms with van der Waals surface area (Å²) in [5.41, 5.74) is 4.03. The number of hydrogen-bond donors (Lipinski definition) is 1. The molecule has 0 aliphatic carbocycles. The van der Waals surface area contributed by atoms with Gasteiger partial charge in [-0.3, -0.25) is 4.79 Å². The Bertz CT molecular complexity index is 331. The normalized spacial score (nSPS) is 10.3. The second-order valence-electron chi connectivity index (χ2n) is 2.64. The van der Waals surface area contributed by atoms with E-state index >= 15 is 0 Å². The summed E-state index contributed by atoms with van der Waals surface area (Å²) in [4.78, 5) is 11.4. The zero-order chi connectivity index (χ0) is 9.68. The van der Waals surface area contributed by atoms with Crippen LogP contribution in [0.5, 0.6) is 0 Å². The van der Waals surface area contributed by atoms with Gasteiger partial charge in [-0.05, 0) is 25.5 Å². The molecule has 0 bridgehead atoms. The van der Waals surface area contributed by atoms with E-state index in [0.29, 0.717) is 5.56 Å². The summed E-state index contributed by atoms with van der Waals surface area (Å²) < 4.78 is 0. The number of aryl methyl sites for hydroxylation is 1. The van der Waals surface area contributed by atoms with E-state index in [1.165, 1.54) is 6.21 Å². The van der Waals surface area contributed by atoms with Gasteiger partial charge < -0.3 is 0 Å². The SMILES string of the molecule is CC=NNC(=O)c1ccccc1C. The second-order valence-corrected chi connectivity index (χ2v) is 2.64. The molecule has 0 heterocycles. The Morgan fingerprint density at radius 2 is 2.15 bits per heavy atom. The van der Waals surface area contributed by atoms with Crippen molar-refractivity contribution in [1.82, 2.24) is 5.43 Å². The Hall–Kier alpha value is -1.64. The average Bonchev–Trinajstić information content (AvgIpc) is 2.15. The number of carbonyl (C=O) groups is 1. The lowest BCUT2D eigenvalue weighted by Gasteiger charge is -2.02. The van der Waals surface area contributed by atoms with Crippen molar-refractivity contribution in [2.75, 3.05) is 0 Å². The highest BCUT2D eigenvalue weighted by atomic mass is 16.2. The van der Waals surface area contributed by atoms with E-state index in [4.69, 9.17) is 0 Å². The lowest BCUT2D eigenvalue weighted by Crippen LogP contribution is -2.18. The van der Waals surface area contributed by atoms with Gasteiger partial charge >= 0.3 is 0 Å². The summed E-state index contributed by atoms with van der Waals surface area (Å²) in [7, 11) is 0. The standard InChI is InChI=1S/C10H12N2O/c1-3-11-12-10(13)9-7-5-4-6-8(9)2/h3-7H,1-2H3,(H,12,13). The summed E-state index contributed by atoms with van der Waals surface area (Å²) in [6.45, 7) is 3.64. The minimum atomic E-state index is -0.170. The van der Waals surface area contributed by atoms with Crippen LogP contribution in [-0.4, -0.2) is 12.1 Å². The molecule has 3 nitrogen and oxygen atoms in total. The van der Waals surface area contributed by atoms with Crippen LogP contribution in [0.1, 0.15) is 22.8 Å². The molecule has 1 aromatic carbocycles. The smallest absolute Gasteiger partial charge is 0.267 e.